The number of amides is 1. The van der Waals surface area contributed by atoms with Crippen molar-refractivity contribution in [2.45, 2.75) is 19.0 Å². The second-order valence-corrected chi connectivity index (χ2v) is 9.85. The van der Waals surface area contributed by atoms with Crippen molar-refractivity contribution in [3.63, 3.8) is 0 Å². The lowest BCUT2D eigenvalue weighted by Crippen LogP contribution is -2.40. The first-order valence-electron chi connectivity index (χ1n) is 10.1. The van der Waals surface area contributed by atoms with Crippen LogP contribution in [0.15, 0.2) is 59.1 Å². The summed E-state index contributed by atoms with van der Waals surface area (Å²) >= 11 is 0. The molecule has 1 aliphatic rings. The molecule has 8 nitrogen and oxygen atoms in total. The molecule has 9 heteroatoms. The zero-order valence-corrected chi connectivity index (χ0v) is 18.7. The topological polar surface area (TPSA) is 98.9 Å². The van der Waals surface area contributed by atoms with Crippen molar-refractivity contribution in [2.75, 3.05) is 25.7 Å². The van der Waals surface area contributed by atoms with Crippen LogP contribution in [0.25, 0.3) is 11.3 Å². The van der Waals surface area contributed by atoms with Crippen molar-refractivity contribution < 1.29 is 27.2 Å². The van der Waals surface area contributed by atoms with Gasteiger partial charge in [-0.3, -0.25) is 4.79 Å². The first kappa shape index (κ1) is 21.9. The van der Waals surface area contributed by atoms with E-state index in [4.69, 9.17) is 14.0 Å². The van der Waals surface area contributed by atoms with Gasteiger partial charge in [0.2, 0.25) is 0 Å². The number of ether oxygens (including phenoxy) is 2. The highest BCUT2D eigenvalue weighted by Crippen LogP contribution is 2.30. The maximum Gasteiger partial charge on any atom is 0.276 e. The fourth-order valence-electron chi connectivity index (χ4n) is 3.83. The lowest BCUT2D eigenvalue weighted by molar-refractivity contribution is 0.0670. The number of carbonyl (C=O) groups excluding carboxylic acids is 1. The molecule has 1 aromatic heterocycles. The summed E-state index contributed by atoms with van der Waals surface area (Å²) in [4.78, 5) is 15.0. The first-order valence-corrected chi connectivity index (χ1v) is 12.0. The number of hydrogen-bond acceptors (Lipinski definition) is 7. The minimum Gasteiger partial charge on any atom is -0.493 e. The molecule has 0 radical (unpaired) electrons. The Hall–Kier alpha value is -3.33. The van der Waals surface area contributed by atoms with E-state index in [1.165, 1.54) is 7.11 Å². The van der Waals surface area contributed by atoms with E-state index in [0.29, 0.717) is 23.7 Å². The number of hydrogen-bond donors (Lipinski definition) is 0. The Morgan fingerprint density at radius 2 is 1.84 bits per heavy atom. The number of sulfone groups is 1. The van der Waals surface area contributed by atoms with E-state index in [0.717, 1.165) is 11.1 Å². The first-order chi connectivity index (χ1) is 15.4. The molecule has 168 valence electrons. The van der Waals surface area contributed by atoms with Gasteiger partial charge in [0.15, 0.2) is 32.8 Å². The number of nitrogens with zero attached hydrogens (tertiary/aromatic N) is 2. The monoisotopic (exact) mass is 456 g/mol. The van der Waals surface area contributed by atoms with E-state index in [9.17, 15) is 13.2 Å². The van der Waals surface area contributed by atoms with Crippen LogP contribution in [-0.2, 0) is 16.4 Å². The van der Waals surface area contributed by atoms with Crippen molar-refractivity contribution >= 4 is 15.7 Å². The molecule has 0 unspecified atom stereocenters. The Labute approximate surface area is 186 Å². The second-order valence-electron chi connectivity index (χ2n) is 7.62. The summed E-state index contributed by atoms with van der Waals surface area (Å²) in [6, 6.07) is 15.8. The minimum atomic E-state index is -3.19. The number of benzene rings is 2. The quantitative estimate of drug-likeness (QED) is 0.538. The van der Waals surface area contributed by atoms with Crippen molar-refractivity contribution in [3.05, 3.63) is 65.9 Å². The van der Waals surface area contributed by atoms with Gasteiger partial charge in [-0.25, -0.2) is 8.42 Å². The van der Waals surface area contributed by atoms with Crippen LogP contribution in [0.4, 0.5) is 0 Å². The predicted octanol–water partition coefficient (Wildman–Crippen LogP) is 3.19. The molecule has 2 heterocycles. The van der Waals surface area contributed by atoms with Gasteiger partial charge in [-0.1, -0.05) is 41.6 Å². The van der Waals surface area contributed by atoms with Crippen LogP contribution < -0.4 is 9.47 Å². The molecule has 0 spiro atoms. The normalized spacial score (nSPS) is 17.1. The molecule has 32 heavy (non-hydrogen) atoms. The number of methoxy groups -OCH3 is 2. The largest absolute Gasteiger partial charge is 0.493 e. The molecular formula is C23H24N2O6S. The molecule has 2 aromatic carbocycles. The molecule has 0 aliphatic carbocycles. The third kappa shape index (κ3) is 4.62. The number of carbonyl (C=O) groups is 1. The molecule has 1 atom stereocenters. The van der Waals surface area contributed by atoms with Crippen LogP contribution in [0, 0.1) is 0 Å². The van der Waals surface area contributed by atoms with E-state index >= 15 is 0 Å². The predicted molar refractivity (Wildman–Crippen MR) is 118 cm³/mol. The van der Waals surface area contributed by atoms with Gasteiger partial charge >= 0.3 is 0 Å². The fraction of sp³-hybridized carbons (Fsp3) is 0.304. The van der Waals surface area contributed by atoms with E-state index in [1.807, 2.05) is 36.4 Å². The second kappa shape index (κ2) is 9.04. The maximum absolute atomic E-state index is 13.4. The summed E-state index contributed by atoms with van der Waals surface area (Å²) < 4.78 is 40.3. The van der Waals surface area contributed by atoms with E-state index in [2.05, 4.69) is 5.16 Å². The summed E-state index contributed by atoms with van der Waals surface area (Å²) in [6.07, 6.45) is 0.380. The molecule has 1 aliphatic heterocycles. The lowest BCUT2D eigenvalue weighted by atomic mass is 10.1. The summed E-state index contributed by atoms with van der Waals surface area (Å²) in [6.45, 7) is 0.201. The van der Waals surface area contributed by atoms with Gasteiger partial charge in [-0.15, -0.1) is 0 Å². The van der Waals surface area contributed by atoms with Crippen LogP contribution in [0.3, 0.4) is 0 Å². The molecule has 1 fully saturated rings. The standard InChI is InChI=1S/C23H24N2O6S/c1-29-20-9-8-16(12-22(20)30-2)14-25(18-10-11-32(27,28)15-18)23(26)19-13-21(31-24-19)17-6-4-3-5-7-17/h3-9,12-13,18H,10-11,14-15H2,1-2H3/t18-/m0/s1. The van der Waals surface area contributed by atoms with Crippen LogP contribution in [-0.4, -0.2) is 56.1 Å². The number of rotatable bonds is 7. The average molecular weight is 457 g/mol. The summed E-state index contributed by atoms with van der Waals surface area (Å²) in [7, 11) is -0.109. The molecule has 1 saturated heterocycles. The summed E-state index contributed by atoms with van der Waals surface area (Å²) in [5.41, 5.74) is 1.72. The zero-order chi connectivity index (χ0) is 22.7. The van der Waals surface area contributed by atoms with Crippen LogP contribution in [0.1, 0.15) is 22.5 Å². The van der Waals surface area contributed by atoms with Gasteiger partial charge in [-0.2, -0.15) is 0 Å². The van der Waals surface area contributed by atoms with E-state index < -0.39 is 15.9 Å². The Bertz CT molecular complexity index is 1210. The SMILES string of the molecule is COc1ccc(CN(C(=O)c2cc(-c3ccccc3)on2)[C@H]2CCS(=O)(=O)C2)cc1OC. The maximum atomic E-state index is 13.4. The van der Waals surface area contributed by atoms with Crippen molar-refractivity contribution in [1.29, 1.82) is 0 Å². The van der Waals surface area contributed by atoms with E-state index in [1.54, 1.807) is 30.2 Å². The molecule has 1 amide bonds. The van der Waals surface area contributed by atoms with Gasteiger partial charge < -0.3 is 18.9 Å². The van der Waals surface area contributed by atoms with Gasteiger partial charge in [-0.05, 0) is 24.1 Å². The van der Waals surface area contributed by atoms with Crippen molar-refractivity contribution in [1.82, 2.24) is 10.1 Å². The summed E-state index contributed by atoms with van der Waals surface area (Å²) in [5.74, 6) is 1.18. The van der Waals surface area contributed by atoms with Gasteiger partial charge in [0.25, 0.3) is 5.91 Å². The highest BCUT2D eigenvalue weighted by atomic mass is 32.2. The van der Waals surface area contributed by atoms with Gasteiger partial charge in [0.1, 0.15) is 0 Å². The Kier molecular flexibility index (Phi) is 6.18. The Balaban J connectivity index is 1.64. The fourth-order valence-corrected chi connectivity index (χ4v) is 5.56. The third-order valence-corrected chi connectivity index (χ3v) is 7.25. The van der Waals surface area contributed by atoms with Crippen molar-refractivity contribution in [3.8, 4) is 22.8 Å². The third-order valence-electron chi connectivity index (χ3n) is 5.50. The Morgan fingerprint density at radius 3 is 2.50 bits per heavy atom. The van der Waals surface area contributed by atoms with Crippen LogP contribution in [0.2, 0.25) is 0 Å². The molecule has 0 N–H and O–H groups in total. The Morgan fingerprint density at radius 1 is 1.09 bits per heavy atom. The lowest BCUT2D eigenvalue weighted by Gasteiger charge is -2.27. The number of aromatic nitrogens is 1. The van der Waals surface area contributed by atoms with Gasteiger partial charge in [0, 0.05) is 24.2 Å². The average Bonchev–Trinajstić information content (AvgIpc) is 3.44. The summed E-state index contributed by atoms with van der Waals surface area (Å²) in [5, 5.41) is 3.96. The smallest absolute Gasteiger partial charge is 0.276 e. The molecule has 3 aromatic rings. The zero-order valence-electron chi connectivity index (χ0n) is 17.9. The molecule has 4 rings (SSSR count). The highest BCUT2D eigenvalue weighted by molar-refractivity contribution is 7.91. The minimum absolute atomic E-state index is 0.0570. The molecule has 0 saturated carbocycles. The highest BCUT2D eigenvalue weighted by Gasteiger charge is 2.36. The molecule has 0 bridgehead atoms. The van der Waals surface area contributed by atoms with E-state index in [-0.39, 0.29) is 29.7 Å². The van der Waals surface area contributed by atoms with Crippen molar-refractivity contribution in [2.24, 2.45) is 0 Å². The van der Waals surface area contributed by atoms with Crippen LogP contribution in [0.5, 0.6) is 11.5 Å². The van der Waals surface area contributed by atoms with Crippen LogP contribution >= 0.6 is 0 Å². The van der Waals surface area contributed by atoms with Gasteiger partial charge in [0.05, 0.1) is 25.7 Å². The molecular weight excluding hydrogens is 432 g/mol.